The Morgan fingerprint density at radius 1 is 0.895 bits per heavy atom. The van der Waals surface area contributed by atoms with E-state index >= 15 is 0 Å². The van der Waals surface area contributed by atoms with Gasteiger partial charge in [0.25, 0.3) is 0 Å². The number of ketones is 2. The number of anilines is 1. The predicted octanol–water partition coefficient (Wildman–Crippen LogP) is 5.62. The molecule has 1 unspecified atom stereocenters. The molecule has 4 aromatic carbocycles. The number of aliphatic hydroxyl groups is 1. The number of ether oxygens (including phenoxy) is 4. The number of phenolic OH excluding ortho intramolecular Hbond substituents is 2. The number of carbonyl (C=O) groups is 4. The van der Waals surface area contributed by atoms with E-state index < -0.39 is 114 Å². The first-order valence-electron chi connectivity index (χ1n) is 18.0. The van der Waals surface area contributed by atoms with Crippen molar-refractivity contribution in [1.82, 2.24) is 5.32 Å². The van der Waals surface area contributed by atoms with Crippen molar-refractivity contribution in [3.63, 3.8) is 0 Å². The number of fused-ring (bicyclic) bond motifs is 3. The molecular weight excluding hydrogens is 753 g/mol. The molecule has 5 N–H and O–H groups in total. The Hall–Kier alpha value is -5.81. The molecule has 0 radical (unpaired) electrons. The van der Waals surface area contributed by atoms with Gasteiger partial charge in [-0.05, 0) is 24.6 Å². The minimum absolute atomic E-state index is 0.0231. The third-order valence-corrected chi connectivity index (χ3v) is 10.2. The van der Waals surface area contributed by atoms with E-state index in [-0.39, 0.29) is 28.9 Å². The molecule has 0 spiro atoms. The molecule has 16 heteroatoms. The molecule has 0 saturated carbocycles. The number of halogens is 3. The number of para-hydroxylation sites is 1. The van der Waals surface area contributed by atoms with E-state index in [4.69, 9.17) is 18.9 Å². The number of rotatable bonds is 9. The largest absolute Gasteiger partial charge is 0.507 e. The van der Waals surface area contributed by atoms with Gasteiger partial charge in [0.2, 0.25) is 0 Å². The molecule has 1 heterocycles. The van der Waals surface area contributed by atoms with Gasteiger partial charge in [0.1, 0.15) is 29.8 Å². The van der Waals surface area contributed by atoms with Crippen molar-refractivity contribution in [3.05, 3.63) is 124 Å². The van der Waals surface area contributed by atoms with Crippen molar-refractivity contribution in [2.45, 2.75) is 75.2 Å². The highest BCUT2D eigenvalue weighted by Gasteiger charge is 2.49. The number of nitrogens with one attached hydrogen (secondary N) is 2. The van der Waals surface area contributed by atoms with E-state index in [0.29, 0.717) is 11.3 Å². The van der Waals surface area contributed by atoms with Gasteiger partial charge in [0.05, 0.1) is 36.0 Å². The first-order valence-corrected chi connectivity index (χ1v) is 18.0. The Morgan fingerprint density at radius 2 is 1.49 bits per heavy atom. The average molecular weight is 791 g/mol. The summed E-state index contributed by atoms with van der Waals surface area (Å²) in [6.45, 7) is 0.779. The summed E-state index contributed by atoms with van der Waals surface area (Å²) < 4.78 is 64.3. The fourth-order valence-corrected chi connectivity index (χ4v) is 7.58. The van der Waals surface area contributed by atoms with Gasteiger partial charge in [-0.2, -0.15) is 13.2 Å². The summed E-state index contributed by atoms with van der Waals surface area (Å²) in [5.41, 5.74) is -2.40. The Labute approximate surface area is 323 Å². The quantitative estimate of drug-likeness (QED) is 0.117. The summed E-state index contributed by atoms with van der Waals surface area (Å²) in [7, 11) is 0. The van der Waals surface area contributed by atoms with Gasteiger partial charge in [0.15, 0.2) is 17.9 Å². The Balaban J connectivity index is 1.22. The van der Waals surface area contributed by atoms with E-state index in [1.807, 2.05) is 5.32 Å². The lowest BCUT2D eigenvalue weighted by Gasteiger charge is -2.44. The molecule has 1 fully saturated rings. The smallest absolute Gasteiger partial charge is 0.471 e. The molecule has 3 aliphatic rings. The Bertz CT molecular complexity index is 2200. The average Bonchev–Trinajstić information content (AvgIpc) is 3.17. The number of benzene rings is 4. The zero-order valence-corrected chi connectivity index (χ0v) is 30.2. The van der Waals surface area contributed by atoms with Gasteiger partial charge >= 0.3 is 18.2 Å². The van der Waals surface area contributed by atoms with Gasteiger partial charge in [-0.25, -0.2) is 4.79 Å². The van der Waals surface area contributed by atoms with Crippen LogP contribution in [0.1, 0.15) is 74.4 Å². The molecule has 2 aliphatic carbocycles. The fraction of sp³-hybridized carbons (Fsp3) is 0.317. The van der Waals surface area contributed by atoms with Crippen LogP contribution in [-0.4, -0.2) is 81.8 Å². The SMILES string of the molecule is C[C@H]1O[C@@H](O[C@H]2CC(O)(COC(=O)Nc3ccccc3)Cc3c(O)c4c(c(O)c32)C(=O)c2ccccc2C4=O)C[C@H](NC(=O)C(F)(F)F)[C@H]1OCc1ccccc1. The molecule has 57 heavy (non-hydrogen) atoms. The molecule has 13 nitrogen and oxygen atoms in total. The normalized spacial score (nSPS) is 24.1. The van der Waals surface area contributed by atoms with Crippen molar-refractivity contribution in [2.75, 3.05) is 11.9 Å². The van der Waals surface area contributed by atoms with Crippen LogP contribution < -0.4 is 10.6 Å². The standard InChI is InChI=1S/C41H37F3N2O11/c1-21-37(54-19-22-10-4-2-5-11-22)27(46-38(51)41(42,43)44)16-29(56-21)57-28-18-40(53,20-55-39(52)45-23-12-6-3-7-13-23)17-26-30(28)36(50)32-31(35(26)49)33(47)24-14-8-9-15-25(24)34(32)48/h2-15,21,27-29,37,49-50,53H,16-20H2,1H3,(H,45,52)(H,46,51)/t21-,27+,28+,29+,37+,40?/m1/s1. The second kappa shape index (κ2) is 15.6. The van der Waals surface area contributed by atoms with Crippen molar-refractivity contribution < 1.29 is 66.6 Å². The molecular formula is C41H37F3N2O11. The lowest BCUT2D eigenvalue weighted by Crippen LogP contribution is -2.58. The van der Waals surface area contributed by atoms with Crippen LogP contribution >= 0.6 is 0 Å². The van der Waals surface area contributed by atoms with Crippen molar-refractivity contribution in [1.29, 1.82) is 0 Å². The van der Waals surface area contributed by atoms with Crippen LogP contribution in [-0.2, 0) is 36.8 Å². The summed E-state index contributed by atoms with van der Waals surface area (Å²) in [6.07, 6.45) is -12.6. The molecule has 0 bridgehead atoms. The van der Waals surface area contributed by atoms with Crippen LogP contribution in [0.25, 0.3) is 0 Å². The highest BCUT2D eigenvalue weighted by molar-refractivity contribution is 6.30. The lowest BCUT2D eigenvalue weighted by atomic mass is 9.73. The van der Waals surface area contributed by atoms with Gasteiger partial charge < -0.3 is 39.6 Å². The van der Waals surface area contributed by atoms with Gasteiger partial charge in [0, 0.05) is 47.2 Å². The fourth-order valence-electron chi connectivity index (χ4n) is 7.58. The van der Waals surface area contributed by atoms with E-state index in [1.54, 1.807) is 60.7 Å². The minimum Gasteiger partial charge on any atom is -0.507 e. The van der Waals surface area contributed by atoms with Gasteiger partial charge in [-0.1, -0.05) is 72.8 Å². The summed E-state index contributed by atoms with van der Waals surface area (Å²) in [4.78, 5) is 52.5. The summed E-state index contributed by atoms with van der Waals surface area (Å²) in [5, 5.41) is 40.0. The summed E-state index contributed by atoms with van der Waals surface area (Å²) >= 11 is 0. The van der Waals surface area contributed by atoms with E-state index in [1.165, 1.54) is 31.2 Å². The first-order chi connectivity index (χ1) is 27.1. The first kappa shape index (κ1) is 39.4. The predicted molar refractivity (Wildman–Crippen MR) is 194 cm³/mol. The molecule has 298 valence electrons. The second-order valence-corrected chi connectivity index (χ2v) is 14.2. The van der Waals surface area contributed by atoms with Crippen molar-refractivity contribution in [2.24, 2.45) is 0 Å². The number of amides is 2. The van der Waals surface area contributed by atoms with Crippen LogP contribution in [0.5, 0.6) is 11.5 Å². The number of phenols is 2. The zero-order chi connectivity index (χ0) is 40.6. The van der Waals surface area contributed by atoms with Crippen LogP contribution in [0.3, 0.4) is 0 Å². The monoisotopic (exact) mass is 790 g/mol. The van der Waals surface area contributed by atoms with Gasteiger partial charge in [-0.15, -0.1) is 0 Å². The maximum absolute atomic E-state index is 13.8. The molecule has 6 atom stereocenters. The molecule has 7 rings (SSSR count). The summed E-state index contributed by atoms with van der Waals surface area (Å²) in [6, 6.07) is 21.6. The van der Waals surface area contributed by atoms with Crippen LogP contribution in [0.15, 0.2) is 84.9 Å². The number of aromatic hydroxyl groups is 2. The minimum atomic E-state index is -5.24. The summed E-state index contributed by atoms with van der Waals surface area (Å²) in [5.74, 6) is -5.22. The van der Waals surface area contributed by atoms with E-state index in [0.717, 1.165) is 0 Å². The van der Waals surface area contributed by atoms with Gasteiger partial charge in [-0.3, -0.25) is 19.7 Å². The molecule has 4 aromatic rings. The van der Waals surface area contributed by atoms with Crippen LogP contribution in [0.2, 0.25) is 0 Å². The third-order valence-electron chi connectivity index (χ3n) is 10.2. The zero-order valence-electron chi connectivity index (χ0n) is 30.2. The van der Waals surface area contributed by atoms with E-state index in [9.17, 15) is 47.7 Å². The number of alkyl halides is 3. The highest BCUT2D eigenvalue weighted by Crippen LogP contribution is 2.52. The lowest BCUT2D eigenvalue weighted by molar-refractivity contribution is -0.259. The molecule has 1 aliphatic heterocycles. The van der Waals surface area contributed by atoms with Crippen molar-refractivity contribution >= 4 is 29.3 Å². The topological polar surface area (TPSA) is 190 Å². The number of hydrogen-bond donors (Lipinski definition) is 5. The maximum atomic E-state index is 13.8. The molecule has 0 aromatic heterocycles. The van der Waals surface area contributed by atoms with Crippen LogP contribution in [0.4, 0.5) is 23.7 Å². The van der Waals surface area contributed by atoms with E-state index in [2.05, 4.69) is 5.32 Å². The molecule has 1 saturated heterocycles. The molecule has 2 amide bonds. The third kappa shape index (κ3) is 8.07. The Kier molecular flexibility index (Phi) is 10.8. The number of hydrogen-bond acceptors (Lipinski definition) is 11. The highest BCUT2D eigenvalue weighted by atomic mass is 19.4. The van der Waals surface area contributed by atoms with Crippen molar-refractivity contribution in [3.8, 4) is 11.5 Å². The Morgan fingerprint density at radius 3 is 2.12 bits per heavy atom. The van der Waals surface area contributed by atoms with Crippen LogP contribution in [0, 0.1) is 0 Å². The number of carbonyl (C=O) groups excluding carboxylic acids is 4. The maximum Gasteiger partial charge on any atom is 0.471 e. The second-order valence-electron chi connectivity index (χ2n) is 14.2.